The molecule has 0 radical (unpaired) electrons. The summed E-state index contributed by atoms with van der Waals surface area (Å²) in [5.41, 5.74) is 4.64. The van der Waals surface area contributed by atoms with Gasteiger partial charge in [0.05, 0.1) is 0 Å². The van der Waals surface area contributed by atoms with Crippen molar-refractivity contribution in [3.05, 3.63) is 70.8 Å². The number of rotatable bonds is 5. The maximum absolute atomic E-state index is 12.2. The van der Waals surface area contributed by atoms with E-state index in [0.717, 1.165) is 5.56 Å². The molecule has 0 fully saturated rings. The zero-order chi connectivity index (χ0) is 16.2. The summed E-state index contributed by atoms with van der Waals surface area (Å²) >= 11 is 0. The lowest BCUT2D eigenvalue weighted by molar-refractivity contribution is -0.122. The van der Waals surface area contributed by atoms with E-state index in [4.69, 9.17) is 0 Å². The Labute approximate surface area is 133 Å². The molecule has 2 nitrogen and oxygen atoms in total. The predicted octanol–water partition coefficient (Wildman–Crippen LogP) is 4.29. The SMILES string of the molecule is Cc1ccc(CNC(=O)CC(C)(C)c2ccc(C)cc2)cc1. The van der Waals surface area contributed by atoms with Crippen LogP contribution in [0.3, 0.4) is 0 Å². The van der Waals surface area contributed by atoms with Gasteiger partial charge in [0, 0.05) is 13.0 Å². The number of amides is 1. The summed E-state index contributed by atoms with van der Waals surface area (Å²) in [6.45, 7) is 8.95. The molecular weight excluding hydrogens is 270 g/mol. The highest BCUT2D eigenvalue weighted by atomic mass is 16.1. The fourth-order valence-corrected chi connectivity index (χ4v) is 2.48. The molecule has 2 aromatic rings. The number of benzene rings is 2. The fourth-order valence-electron chi connectivity index (χ4n) is 2.48. The first kappa shape index (κ1) is 16.3. The summed E-state index contributed by atoms with van der Waals surface area (Å²) in [6.07, 6.45) is 0.488. The molecule has 1 N–H and O–H groups in total. The van der Waals surface area contributed by atoms with E-state index in [1.54, 1.807) is 0 Å². The Bertz CT molecular complexity index is 624. The highest BCUT2D eigenvalue weighted by molar-refractivity contribution is 5.77. The van der Waals surface area contributed by atoms with E-state index in [2.05, 4.69) is 81.5 Å². The van der Waals surface area contributed by atoms with Crippen molar-refractivity contribution in [1.29, 1.82) is 0 Å². The van der Waals surface area contributed by atoms with E-state index in [9.17, 15) is 4.79 Å². The van der Waals surface area contributed by atoms with Crippen molar-refractivity contribution >= 4 is 5.91 Å². The molecule has 22 heavy (non-hydrogen) atoms. The highest BCUT2D eigenvalue weighted by Gasteiger charge is 2.23. The Morgan fingerprint density at radius 2 is 1.41 bits per heavy atom. The third kappa shape index (κ3) is 4.45. The minimum Gasteiger partial charge on any atom is -0.352 e. The van der Waals surface area contributed by atoms with Crippen LogP contribution in [-0.4, -0.2) is 5.91 Å². The van der Waals surface area contributed by atoms with Gasteiger partial charge in [-0.3, -0.25) is 4.79 Å². The lowest BCUT2D eigenvalue weighted by Gasteiger charge is -2.25. The molecule has 0 aromatic heterocycles. The van der Waals surface area contributed by atoms with E-state index >= 15 is 0 Å². The summed E-state index contributed by atoms with van der Waals surface area (Å²) in [4.78, 5) is 12.2. The molecule has 2 heteroatoms. The van der Waals surface area contributed by atoms with Crippen molar-refractivity contribution in [2.75, 3.05) is 0 Å². The molecule has 0 unspecified atom stereocenters. The van der Waals surface area contributed by atoms with Gasteiger partial charge in [0.25, 0.3) is 0 Å². The first-order valence-electron chi connectivity index (χ1n) is 7.76. The van der Waals surface area contributed by atoms with Gasteiger partial charge in [-0.1, -0.05) is 73.5 Å². The number of carbonyl (C=O) groups is 1. The van der Waals surface area contributed by atoms with E-state index in [0.29, 0.717) is 13.0 Å². The summed E-state index contributed by atoms with van der Waals surface area (Å²) in [7, 11) is 0. The number of hydrogen-bond acceptors (Lipinski definition) is 1. The van der Waals surface area contributed by atoms with Crippen molar-refractivity contribution in [3.8, 4) is 0 Å². The third-order valence-corrected chi connectivity index (χ3v) is 4.05. The Morgan fingerprint density at radius 1 is 0.909 bits per heavy atom. The molecule has 0 atom stereocenters. The molecule has 0 aliphatic heterocycles. The molecule has 0 aliphatic rings. The van der Waals surface area contributed by atoms with Gasteiger partial charge < -0.3 is 5.32 Å². The second kappa shape index (κ2) is 6.78. The number of hydrogen-bond donors (Lipinski definition) is 1. The summed E-state index contributed by atoms with van der Waals surface area (Å²) in [6, 6.07) is 16.7. The van der Waals surface area contributed by atoms with Crippen LogP contribution >= 0.6 is 0 Å². The third-order valence-electron chi connectivity index (χ3n) is 4.05. The van der Waals surface area contributed by atoms with Gasteiger partial charge in [0.2, 0.25) is 5.91 Å². The summed E-state index contributed by atoms with van der Waals surface area (Å²) < 4.78 is 0. The van der Waals surface area contributed by atoms with Gasteiger partial charge in [0.1, 0.15) is 0 Å². The standard InChI is InChI=1S/C20H25NO/c1-15-5-9-17(10-6-15)14-21-19(22)13-20(3,4)18-11-7-16(2)8-12-18/h5-12H,13-14H2,1-4H3,(H,21,22). The predicted molar refractivity (Wildman–Crippen MR) is 91.8 cm³/mol. The lowest BCUT2D eigenvalue weighted by atomic mass is 9.81. The van der Waals surface area contributed by atoms with Crippen molar-refractivity contribution in [2.45, 2.75) is 46.1 Å². The van der Waals surface area contributed by atoms with E-state index in [1.165, 1.54) is 16.7 Å². The second-order valence-corrected chi connectivity index (χ2v) is 6.69. The Kier molecular flexibility index (Phi) is 5.02. The average Bonchev–Trinajstić information content (AvgIpc) is 2.46. The molecule has 0 heterocycles. The number of carbonyl (C=O) groups excluding carboxylic acids is 1. The van der Waals surface area contributed by atoms with Crippen LogP contribution in [0.25, 0.3) is 0 Å². The Hall–Kier alpha value is -2.09. The lowest BCUT2D eigenvalue weighted by Crippen LogP contribution is -2.30. The minimum atomic E-state index is -0.162. The van der Waals surface area contributed by atoms with Crippen LogP contribution in [0.2, 0.25) is 0 Å². The van der Waals surface area contributed by atoms with Crippen molar-refractivity contribution in [3.63, 3.8) is 0 Å². The zero-order valence-corrected chi connectivity index (χ0v) is 13.9. The summed E-state index contributed by atoms with van der Waals surface area (Å²) in [5, 5.41) is 3.02. The molecule has 2 aromatic carbocycles. The molecular formula is C20H25NO. The molecule has 1 amide bonds. The second-order valence-electron chi connectivity index (χ2n) is 6.69. The maximum atomic E-state index is 12.2. The molecule has 2 rings (SSSR count). The van der Waals surface area contributed by atoms with E-state index in [1.807, 2.05) is 0 Å². The molecule has 0 spiro atoms. The first-order valence-corrected chi connectivity index (χ1v) is 7.76. The first-order chi connectivity index (χ1) is 10.4. The van der Waals surface area contributed by atoms with Gasteiger partial charge in [-0.15, -0.1) is 0 Å². The van der Waals surface area contributed by atoms with Gasteiger partial charge in [0.15, 0.2) is 0 Å². The Morgan fingerprint density at radius 3 is 1.95 bits per heavy atom. The van der Waals surface area contributed by atoms with Gasteiger partial charge in [-0.25, -0.2) is 0 Å². The molecule has 0 bridgehead atoms. The molecule has 0 saturated carbocycles. The summed E-state index contributed by atoms with van der Waals surface area (Å²) in [5.74, 6) is 0.0890. The average molecular weight is 295 g/mol. The largest absolute Gasteiger partial charge is 0.352 e. The fraction of sp³-hybridized carbons (Fsp3) is 0.350. The van der Waals surface area contributed by atoms with Crippen LogP contribution in [0.4, 0.5) is 0 Å². The van der Waals surface area contributed by atoms with Crippen LogP contribution in [0, 0.1) is 13.8 Å². The van der Waals surface area contributed by atoms with Crippen LogP contribution in [0.15, 0.2) is 48.5 Å². The van der Waals surface area contributed by atoms with Crippen molar-refractivity contribution in [2.24, 2.45) is 0 Å². The van der Waals surface area contributed by atoms with Gasteiger partial charge in [-0.05, 0) is 30.4 Å². The number of aryl methyl sites for hydroxylation is 2. The van der Waals surface area contributed by atoms with Crippen LogP contribution in [-0.2, 0) is 16.8 Å². The normalized spacial score (nSPS) is 11.3. The molecule has 116 valence electrons. The zero-order valence-electron chi connectivity index (χ0n) is 13.9. The minimum absolute atomic E-state index is 0.0890. The number of nitrogens with one attached hydrogen (secondary N) is 1. The van der Waals surface area contributed by atoms with E-state index < -0.39 is 0 Å². The Balaban J connectivity index is 1.92. The smallest absolute Gasteiger partial charge is 0.221 e. The van der Waals surface area contributed by atoms with Crippen LogP contribution in [0.5, 0.6) is 0 Å². The van der Waals surface area contributed by atoms with Crippen molar-refractivity contribution < 1.29 is 4.79 Å². The van der Waals surface area contributed by atoms with Gasteiger partial charge in [-0.2, -0.15) is 0 Å². The van der Waals surface area contributed by atoms with Crippen LogP contribution < -0.4 is 5.32 Å². The monoisotopic (exact) mass is 295 g/mol. The highest BCUT2D eigenvalue weighted by Crippen LogP contribution is 2.27. The van der Waals surface area contributed by atoms with E-state index in [-0.39, 0.29) is 11.3 Å². The molecule has 0 aliphatic carbocycles. The topological polar surface area (TPSA) is 29.1 Å². The maximum Gasteiger partial charge on any atom is 0.221 e. The van der Waals surface area contributed by atoms with Crippen molar-refractivity contribution in [1.82, 2.24) is 5.32 Å². The molecule has 0 saturated heterocycles. The quantitative estimate of drug-likeness (QED) is 0.876. The van der Waals surface area contributed by atoms with Gasteiger partial charge >= 0.3 is 0 Å². The van der Waals surface area contributed by atoms with Crippen LogP contribution in [0.1, 0.15) is 42.5 Å².